The Hall–Kier alpha value is -1.94. The van der Waals surface area contributed by atoms with Gasteiger partial charge in [-0.3, -0.25) is 37.3 Å². The number of hydrogen-bond acceptors (Lipinski definition) is 15. The Bertz CT molecular complexity index is 1900. The molecule has 17 nitrogen and oxygen atoms in total. The van der Waals surface area contributed by atoms with Crippen molar-refractivity contribution in [2.45, 2.75) is 414 Å². The molecule has 0 aliphatic heterocycles. The van der Waals surface area contributed by atoms with Gasteiger partial charge in [0, 0.05) is 25.7 Å². The summed E-state index contributed by atoms with van der Waals surface area (Å²) >= 11 is 0. The van der Waals surface area contributed by atoms with Gasteiger partial charge in [-0.05, 0) is 49.4 Å². The molecule has 3 unspecified atom stereocenters. The van der Waals surface area contributed by atoms with E-state index in [1.165, 1.54) is 193 Å². The van der Waals surface area contributed by atoms with E-state index in [2.05, 4.69) is 55.4 Å². The Labute approximate surface area is 594 Å². The second-order valence-corrected chi connectivity index (χ2v) is 32.7. The fourth-order valence-electron chi connectivity index (χ4n) is 11.9. The van der Waals surface area contributed by atoms with E-state index in [-0.39, 0.29) is 25.7 Å². The van der Waals surface area contributed by atoms with Gasteiger partial charge in [-0.25, -0.2) is 9.13 Å². The monoisotopic (exact) mass is 1420 g/mol. The van der Waals surface area contributed by atoms with Crippen molar-refractivity contribution >= 4 is 39.5 Å². The van der Waals surface area contributed by atoms with Gasteiger partial charge in [0.1, 0.15) is 19.3 Å². The maximum atomic E-state index is 13.1. The summed E-state index contributed by atoms with van der Waals surface area (Å²) in [4.78, 5) is 72.8. The minimum Gasteiger partial charge on any atom is -0.462 e. The van der Waals surface area contributed by atoms with Crippen LogP contribution in [0.2, 0.25) is 0 Å². The van der Waals surface area contributed by atoms with E-state index in [4.69, 9.17) is 37.0 Å². The second kappa shape index (κ2) is 67.2. The van der Waals surface area contributed by atoms with E-state index in [0.29, 0.717) is 31.6 Å². The lowest BCUT2D eigenvalue weighted by atomic mass is 10.00. The lowest BCUT2D eigenvalue weighted by Crippen LogP contribution is -2.30. The molecule has 0 aromatic rings. The van der Waals surface area contributed by atoms with Crippen LogP contribution in [-0.2, 0) is 65.4 Å². The molecule has 6 atom stereocenters. The van der Waals surface area contributed by atoms with Crippen molar-refractivity contribution < 1.29 is 80.2 Å². The molecule has 0 aliphatic rings. The van der Waals surface area contributed by atoms with Crippen LogP contribution in [0.5, 0.6) is 0 Å². The predicted octanol–water partition coefficient (Wildman–Crippen LogP) is 22.8. The number of unbranched alkanes of at least 4 members (excludes halogenated alkanes) is 40. The first-order chi connectivity index (χ1) is 46.6. The van der Waals surface area contributed by atoms with Crippen LogP contribution in [0.3, 0.4) is 0 Å². The van der Waals surface area contributed by atoms with E-state index >= 15 is 0 Å². The number of ether oxygens (including phenoxy) is 4. The Morgan fingerprint density at radius 1 is 0.289 bits per heavy atom. The summed E-state index contributed by atoms with van der Waals surface area (Å²) in [5, 5.41) is 10.6. The summed E-state index contributed by atoms with van der Waals surface area (Å²) in [6.07, 6.45) is 53.0. The van der Waals surface area contributed by atoms with E-state index in [1.807, 2.05) is 0 Å². The smallest absolute Gasteiger partial charge is 0.462 e. The van der Waals surface area contributed by atoms with Gasteiger partial charge in [-0.2, -0.15) is 0 Å². The summed E-state index contributed by atoms with van der Waals surface area (Å²) in [5.74, 6) is 0.920. The number of aliphatic hydroxyl groups is 1. The Morgan fingerprint density at radius 3 is 0.732 bits per heavy atom. The Morgan fingerprint density at radius 2 is 0.495 bits per heavy atom. The maximum absolute atomic E-state index is 13.1. The number of aliphatic hydroxyl groups excluding tert-OH is 1. The first-order valence-corrected chi connectivity index (χ1v) is 43.2. The van der Waals surface area contributed by atoms with Crippen LogP contribution in [0.15, 0.2) is 0 Å². The van der Waals surface area contributed by atoms with Gasteiger partial charge < -0.3 is 33.8 Å². The average molecular weight is 1420 g/mol. The molecule has 0 aromatic carbocycles. The summed E-state index contributed by atoms with van der Waals surface area (Å²) < 4.78 is 68.5. The third kappa shape index (κ3) is 70.9. The number of phosphoric ester groups is 2. The van der Waals surface area contributed by atoms with Crippen LogP contribution in [-0.4, -0.2) is 96.7 Å². The quantitative estimate of drug-likeness (QED) is 0.0222. The molecule has 19 heteroatoms. The van der Waals surface area contributed by atoms with Crippen LogP contribution in [0.4, 0.5) is 0 Å². The minimum absolute atomic E-state index is 0.103. The summed E-state index contributed by atoms with van der Waals surface area (Å²) in [6, 6.07) is 0. The molecule has 0 rings (SSSR count). The van der Waals surface area contributed by atoms with E-state index in [9.17, 15) is 43.2 Å². The topological polar surface area (TPSA) is 237 Å². The van der Waals surface area contributed by atoms with Crippen LogP contribution in [0, 0.1) is 23.7 Å². The van der Waals surface area contributed by atoms with Gasteiger partial charge in [0.05, 0.1) is 26.4 Å². The third-order valence-corrected chi connectivity index (χ3v) is 20.3. The minimum atomic E-state index is -4.96. The number of hydrogen-bond donors (Lipinski definition) is 3. The molecule has 0 fully saturated rings. The van der Waals surface area contributed by atoms with Gasteiger partial charge >= 0.3 is 39.5 Å². The van der Waals surface area contributed by atoms with E-state index < -0.39 is 97.5 Å². The van der Waals surface area contributed by atoms with E-state index in [0.717, 1.165) is 114 Å². The van der Waals surface area contributed by atoms with Gasteiger partial charge in [-0.15, -0.1) is 0 Å². The average Bonchev–Trinajstić information content (AvgIpc) is 1.59. The van der Waals surface area contributed by atoms with Crippen molar-refractivity contribution in [2.75, 3.05) is 39.6 Å². The molecule has 3 N–H and O–H groups in total. The summed E-state index contributed by atoms with van der Waals surface area (Å²) in [6.45, 7) is 14.2. The van der Waals surface area contributed by atoms with Crippen molar-refractivity contribution in [3.05, 3.63) is 0 Å². The highest BCUT2D eigenvalue weighted by Crippen LogP contribution is 2.45. The van der Waals surface area contributed by atoms with Crippen LogP contribution < -0.4 is 0 Å². The first kappa shape index (κ1) is 95.1. The number of esters is 4. The van der Waals surface area contributed by atoms with E-state index in [1.54, 1.807) is 0 Å². The summed E-state index contributed by atoms with van der Waals surface area (Å²) in [7, 11) is -9.91. The van der Waals surface area contributed by atoms with Gasteiger partial charge in [0.2, 0.25) is 0 Å². The molecule has 0 saturated heterocycles. The molecule has 0 spiro atoms. The molecule has 0 radical (unpaired) electrons. The Kier molecular flexibility index (Phi) is 65.9. The molecular weight excluding hydrogens is 1270 g/mol. The maximum Gasteiger partial charge on any atom is 0.472 e. The van der Waals surface area contributed by atoms with Crippen molar-refractivity contribution in [2.24, 2.45) is 23.7 Å². The number of carbonyl (C=O) groups is 4. The lowest BCUT2D eigenvalue weighted by molar-refractivity contribution is -0.161. The third-order valence-electron chi connectivity index (χ3n) is 18.4. The second-order valence-electron chi connectivity index (χ2n) is 29.8. The molecule has 0 saturated carbocycles. The van der Waals surface area contributed by atoms with Gasteiger partial charge in [-0.1, -0.05) is 344 Å². The molecular formula is C78H152O17P2. The summed E-state index contributed by atoms with van der Waals surface area (Å²) in [5.41, 5.74) is 0. The highest BCUT2D eigenvalue weighted by atomic mass is 31.2. The van der Waals surface area contributed by atoms with Crippen molar-refractivity contribution in [3.8, 4) is 0 Å². The number of carbonyl (C=O) groups excluding carboxylic acids is 4. The van der Waals surface area contributed by atoms with Crippen molar-refractivity contribution in [1.29, 1.82) is 0 Å². The predicted molar refractivity (Wildman–Crippen MR) is 395 cm³/mol. The number of rotatable bonds is 75. The van der Waals surface area contributed by atoms with Crippen LogP contribution in [0.1, 0.15) is 396 Å². The molecule has 0 aromatic heterocycles. The zero-order valence-corrected chi connectivity index (χ0v) is 65.5. The highest BCUT2D eigenvalue weighted by molar-refractivity contribution is 7.47. The standard InChI is InChI=1S/C78H152O17P2/c1-9-71(8)57-49-41-36-37-43-51-59-76(81)89-65-74(94-77(82)60-52-44-34-28-24-20-16-12-14-18-22-26-31-39-47-55-69(4)5)67-93-97(86,87)91-63-72(79)62-90-96(84,85)92-66-73(95-78(83)61-53-45-35-29-32-40-48-56-70(6)7)64-88-75(80)58-50-42-33-27-23-19-15-11-10-13-17-21-25-30-38-46-54-68(2)3/h68-74,79H,9-67H2,1-8H3,(H,84,85)(H,86,87)/t71?,72-,73-,74-/m1/s1. The van der Waals surface area contributed by atoms with Gasteiger partial charge in [0.15, 0.2) is 12.2 Å². The van der Waals surface area contributed by atoms with Crippen molar-refractivity contribution in [1.82, 2.24) is 0 Å². The van der Waals surface area contributed by atoms with Crippen molar-refractivity contribution in [3.63, 3.8) is 0 Å². The normalized spacial score (nSPS) is 14.4. The van der Waals surface area contributed by atoms with Crippen LogP contribution in [0.25, 0.3) is 0 Å². The van der Waals surface area contributed by atoms with Crippen LogP contribution >= 0.6 is 15.6 Å². The molecule has 0 bridgehead atoms. The Balaban J connectivity index is 5.17. The molecule has 0 aliphatic carbocycles. The molecule has 576 valence electrons. The first-order valence-electron chi connectivity index (χ1n) is 40.2. The molecule has 97 heavy (non-hydrogen) atoms. The lowest BCUT2D eigenvalue weighted by Gasteiger charge is -2.21. The molecule has 0 amide bonds. The SMILES string of the molecule is CCC(C)CCCCCCCCC(=O)OC[C@H](COP(=O)(O)OC[C@H](O)COP(=O)(O)OC[C@@H](COC(=O)CCCCCCCCCCCCCCCCCCC(C)C)OC(=O)CCCCCCCCCC(C)C)OC(=O)CCCCCCCCCCCCCCCCCC(C)C. The fourth-order valence-corrected chi connectivity index (χ4v) is 13.5. The van der Waals surface area contributed by atoms with Gasteiger partial charge in [0.25, 0.3) is 0 Å². The fraction of sp³-hybridized carbons (Fsp3) is 0.949. The molecule has 0 heterocycles. The highest BCUT2D eigenvalue weighted by Gasteiger charge is 2.30. The number of phosphoric acid groups is 2. The zero-order chi connectivity index (χ0) is 71.7. The largest absolute Gasteiger partial charge is 0.472 e. The zero-order valence-electron chi connectivity index (χ0n) is 63.7.